The predicted molar refractivity (Wildman–Crippen MR) is 50.3 cm³/mol. The van der Waals surface area contributed by atoms with Crippen LogP contribution in [0, 0.1) is 12.7 Å². The summed E-state index contributed by atoms with van der Waals surface area (Å²) in [5.74, 6) is -1.38. The number of nitrogens with two attached hydrogens (primary N) is 1. The number of halogens is 1. The molecule has 0 unspecified atom stereocenters. The number of hydrogen-bond acceptors (Lipinski definition) is 2. The van der Waals surface area contributed by atoms with E-state index in [0.717, 1.165) is 5.56 Å². The van der Waals surface area contributed by atoms with Gasteiger partial charge in [-0.05, 0) is 30.2 Å². The number of benzene rings is 1. The van der Waals surface area contributed by atoms with E-state index in [1.807, 2.05) is 0 Å². The fourth-order valence-corrected chi connectivity index (χ4v) is 1.31. The van der Waals surface area contributed by atoms with Gasteiger partial charge in [0.05, 0.1) is 6.42 Å². The fraction of sp³-hybridized carbons (Fsp3) is 0.300. The van der Waals surface area contributed by atoms with Crippen molar-refractivity contribution in [3.8, 4) is 0 Å². The molecular formula is C10H12FNO2. The fourth-order valence-electron chi connectivity index (χ4n) is 1.31. The van der Waals surface area contributed by atoms with E-state index in [1.54, 1.807) is 13.0 Å². The summed E-state index contributed by atoms with van der Waals surface area (Å²) in [6.07, 6.45) is -0.190. The highest BCUT2D eigenvalue weighted by atomic mass is 19.1. The molecular weight excluding hydrogens is 185 g/mol. The van der Waals surface area contributed by atoms with Crippen LogP contribution >= 0.6 is 0 Å². The Labute approximate surface area is 81.4 Å². The highest BCUT2D eigenvalue weighted by Gasteiger charge is 2.13. The molecule has 0 saturated carbocycles. The van der Waals surface area contributed by atoms with Crippen LogP contribution < -0.4 is 5.73 Å². The van der Waals surface area contributed by atoms with Crippen LogP contribution in [0.25, 0.3) is 0 Å². The first-order valence-electron chi connectivity index (χ1n) is 4.24. The van der Waals surface area contributed by atoms with E-state index in [9.17, 15) is 9.18 Å². The van der Waals surface area contributed by atoms with Crippen LogP contribution in [-0.4, -0.2) is 11.1 Å². The minimum absolute atomic E-state index is 0.190. The number of rotatable bonds is 3. The second-order valence-corrected chi connectivity index (χ2v) is 3.21. The monoisotopic (exact) mass is 197 g/mol. The van der Waals surface area contributed by atoms with Crippen LogP contribution in [0.5, 0.6) is 0 Å². The summed E-state index contributed by atoms with van der Waals surface area (Å²) < 4.78 is 12.8. The molecule has 3 nitrogen and oxygen atoms in total. The summed E-state index contributed by atoms with van der Waals surface area (Å²) in [6.45, 7) is 1.77. The van der Waals surface area contributed by atoms with E-state index in [2.05, 4.69) is 0 Å². The molecule has 0 saturated heterocycles. The summed E-state index contributed by atoms with van der Waals surface area (Å²) in [5.41, 5.74) is 6.97. The van der Waals surface area contributed by atoms with E-state index < -0.39 is 17.8 Å². The summed E-state index contributed by atoms with van der Waals surface area (Å²) in [5, 5.41) is 8.53. The SMILES string of the molecule is Cc1ccc(F)cc1[C@@H](N)CC(=O)O. The summed E-state index contributed by atoms with van der Waals surface area (Å²) in [6, 6.07) is 3.55. The third kappa shape index (κ3) is 2.53. The van der Waals surface area contributed by atoms with Gasteiger partial charge in [0.25, 0.3) is 0 Å². The highest BCUT2D eigenvalue weighted by Crippen LogP contribution is 2.19. The summed E-state index contributed by atoms with van der Waals surface area (Å²) in [7, 11) is 0. The topological polar surface area (TPSA) is 63.3 Å². The van der Waals surface area contributed by atoms with E-state index >= 15 is 0 Å². The van der Waals surface area contributed by atoms with Gasteiger partial charge in [-0.1, -0.05) is 6.07 Å². The molecule has 14 heavy (non-hydrogen) atoms. The standard InChI is InChI=1S/C10H12FNO2/c1-6-2-3-7(11)4-8(6)9(12)5-10(13)14/h2-4,9H,5,12H2,1H3,(H,13,14)/t9-/m0/s1. The Kier molecular flexibility index (Phi) is 3.19. The van der Waals surface area contributed by atoms with Crippen molar-refractivity contribution in [2.75, 3.05) is 0 Å². The van der Waals surface area contributed by atoms with Gasteiger partial charge in [0.15, 0.2) is 0 Å². The number of carbonyl (C=O) groups is 1. The van der Waals surface area contributed by atoms with E-state index in [-0.39, 0.29) is 6.42 Å². The lowest BCUT2D eigenvalue weighted by molar-refractivity contribution is -0.137. The molecule has 0 spiro atoms. The lowest BCUT2D eigenvalue weighted by Crippen LogP contribution is -2.16. The van der Waals surface area contributed by atoms with E-state index in [1.165, 1.54) is 12.1 Å². The molecule has 0 aliphatic heterocycles. The number of aryl methyl sites for hydroxylation is 1. The first-order valence-corrected chi connectivity index (χ1v) is 4.24. The second kappa shape index (κ2) is 4.19. The molecule has 1 rings (SSSR count). The van der Waals surface area contributed by atoms with Gasteiger partial charge in [-0.3, -0.25) is 4.79 Å². The summed E-state index contributed by atoms with van der Waals surface area (Å²) in [4.78, 5) is 10.4. The van der Waals surface area contributed by atoms with Gasteiger partial charge in [-0.25, -0.2) is 4.39 Å². The van der Waals surface area contributed by atoms with Crippen molar-refractivity contribution < 1.29 is 14.3 Å². The van der Waals surface area contributed by atoms with Crippen molar-refractivity contribution in [1.29, 1.82) is 0 Å². The average molecular weight is 197 g/mol. The van der Waals surface area contributed by atoms with E-state index in [4.69, 9.17) is 10.8 Å². The van der Waals surface area contributed by atoms with Crippen LogP contribution in [-0.2, 0) is 4.79 Å². The summed E-state index contributed by atoms with van der Waals surface area (Å²) >= 11 is 0. The van der Waals surface area contributed by atoms with Gasteiger partial charge in [-0.2, -0.15) is 0 Å². The highest BCUT2D eigenvalue weighted by molar-refractivity contribution is 5.68. The lowest BCUT2D eigenvalue weighted by Gasteiger charge is -2.12. The average Bonchev–Trinajstić information content (AvgIpc) is 2.08. The van der Waals surface area contributed by atoms with Gasteiger partial charge in [-0.15, -0.1) is 0 Å². The minimum Gasteiger partial charge on any atom is -0.481 e. The lowest BCUT2D eigenvalue weighted by atomic mass is 9.99. The largest absolute Gasteiger partial charge is 0.481 e. The molecule has 3 N–H and O–H groups in total. The Morgan fingerprint density at radius 1 is 1.64 bits per heavy atom. The molecule has 0 aliphatic rings. The van der Waals surface area contributed by atoms with Gasteiger partial charge in [0.2, 0.25) is 0 Å². The zero-order chi connectivity index (χ0) is 10.7. The van der Waals surface area contributed by atoms with Crippen LogP contribution in [0.1, 0.15) is 23.6 Å². The smallest absolute Gasteiger partial charge is 0.305 e. The Morgan fingerprint density at radius 3 is 2.86 bits per heavy atom. The molecule has 1 aromatic rings. The van der Waals surface area contributed by atoms with Crippen LogP contribution in [0.2, 0.25) is 0 Å². The Hall–Kier alpha value is -1.42. The van der Waals surface area contributed by atoms with Gasteiger partial charge in [0.1, 0.15) is 5.82 Å². The van der Waals surface area contributed by atoms with Crippen molar-refractivity contribution in [3.63, 3.8) is 0 Å². The quantitative estimate of drug-likeness (QED) is 0.773. The third-order valence-electron chi connectivity index (χ3n) is 2.04. The van der Waals surface area contributed by atoms with Crippen LogP contribution in [0.4, 0.5) is 4.39 Å². The van der Waals surface area contributed by atoms with Gasteiger partial charge >= 0.3 is 5.97 Å². The molecule has 0 aromatic heterocycles. The van der Waals surface area contributed by atoms with E-state index in [0.29, 0.717) is 5.56 Å². The number of hydrogen-bond donors (Lipinski definition) is 2. The maximum atomic E-state index is 12.8. The zero-order valence-electron chi connectivity index (χ0n) is 7.83. The van der Waals surface area contributed by atoms with Crippen molar-refractivity contribution in [2.45, 2.75) is 19.4 Å². The number of carboxylic acids is 1. The zero-order valence-corrected chi connectivity index (χ0v) is 7.83. The molecule has 0 fully saturated rings. The molecule has 1 aromatic carbocycles. The van der Waals surface area contributed by atoms with Crippen molar-refractivity contribution in [2.24, 2.45) is 5.73 Å². The third-order valence-corrected chi connectivity index (χ3v) is 2.04. The first kappa shape index (κ1) is 10.7. The maximum absolute atomic E-state index is 12.8. The predicted octanol–water partition coefficient (Wildman–Crippen LogP) is 1.61. The second-order valence-electron chi connectivity index (χ2n) is 3.21. The molecule has 76 valence electrons. The molecule has 0 bridgehead atoms. The van der Waals surface area contributed by atoms with Crippen molar-refractivity contribution >= 4 is 5.97 Å². The first-order chi connectivity index (χ1) is 6.50. The van der Waals surface area contributed by atoms with Gasteiger partial charge in [0, 0.05) is 6.04 Å². The molecule has 4 heteroatoms. The molecule has 1 atom stereocenters. The molecule has 0 radical (unpaired) electrons. The van der Waals surface area contributed by atoms with Crippen LogP contribution in [0.3, 0.4) is 0 Å². The van der Waals surface area contributed by atoms with Crippen molar-refractivity contribution in [1.82, 2.24) is 0 Å². The Morgan fingerprint density at radius 2 is 2.29 bits per heavy atom. The molecule has 0 aliphatic carbocycles. The Bertz CT molecular complexity index is 352. The Balaban J connectivity index is 2.93. The maximum Gasteiger partial charge on any atom is 0.305 e. The molecule has 0 heterocycles. The molecule has 0 amide bonds. The van der Waals surface area contributed by atoms with Crippen molar-refractivity contribution in [3.05, 3.63) is 35.1 Å². The normalized spacial score (nSPS) is 12.5. The number of carboxylic acid groups (broad SMARTS) is 1. The van der Waals surface area contributed by atoms with Gasteiger partial charge < -0.3 is 10.8 Å². The minimum atomic E-state index is -0.985. The number of aliphatic carboxylic acids is 1. The van der Waals surface area contributed by atoms with Crippen LogP contribution in [0.15, 0.2) is 18.2 Å².